The summed E-state index contributed by atoms with van der Waals surface area (Å²) in [7, 11) is -2.21. The second-order valence-electron chi connectivity index (χ2n) is 8.58. The molecule has 10 nitrogen and oxygen atoms in total. The number of sulfone groups is 1. The predicted molar refractivity (Wildman–Crippen MR) is 145 cm³/mol. The number of rotatable bonds is 9. The molecule has 0 saturated heterocycles. The fourth-order valence-electron chi connectivity index (χ4n) is 3.67. The first kappa shape index (κ1) is 29.3. The van der Waals surface area contributed by atoms with Gasteiger partial charge in [0, 0.05) is 42.0 Å². The minimum Gasteiger partial charge on any atom is -0.497 e. The van der Waals surface area contributed by atoms with Crippen LogP contribution in [0.2, 0.25) is 0 Å². The molecule has 0 spiro atoms. The summed E-state index contributed by atoms with van der Waals surface area (Å²) in [6.45, 7) is 1.91. The molecule has 0 atom stereocenters. The molecule has 214 valence electrons. The number of nitrogens with zero attached hydrogens (tertiary/aromatic N) is 4. The van der Waals surface area contributed by atoms with Crippen molar-refractivity contribution in [2.24, 2.45) is 0 Å². The van der Waals surface area contributed by atoms with Crippen molar-refractivity contribution in [3.63, 3.8) is 0 Å². The summed E-state index contributed by atoms with van der Waals surface area (Å²) in [5, 5.41) is 6.54. The lowest BCUT2D eigenvalue weighted by atomic mass is 10.0. The molecule has 4 aromatic rings. The van der Waals surface area contributed by atoms with Gasteiger partial charge in [-0.15, -0.1) is 0 Å². The van der Waals surface area contributed by atoms with Crippen LogP contribution in [0.1, 0.15) is 18.2 Å². The van der Waals surface area contributed by atoms with Gasteiger partial charge in [0.25, 0.3) is 0 Å². The number of carbonyl (C=O) groups is 1. The number of esters is 1. The lowest BCUT2D eigenvalue weighted by Crippen LogP contribution is -2.10. The highest BCUT2D eigenvalue weighted by molar-refractivity contribution is 7.90. The molecule has 2 aromatic carbocycles. The van der Waals surface area contributed by atoms with Crippen LogP contribution in [0.25, 0.3) is 23.0 Å². The second-order valence-corrected chi connectivity index (χ2v) is 10.6. The van der Waals surface area contributed by atoms with Gasteiger partial charge in [-0.05, 0) is 48.4 Å². The van der Waals surface area contributed by atoms with Gasteiger partial charge in [0.2, 0.25) is 5.95 Å². The molecule has 0 fully saturated rings. The molecule has 0 unspecified atom stereocenters. The van der Waals surface area contributed by atoms with Crippen LogP contribution in [0.15, 0.2) is 71.9 Å². The van der Waals surface area contributed by atoms with Gasteiger partial charge in [-0.2, -0.15) is 23.3 Å². The van der Waals surface area contributed by atoms with Crippen molar-refractivity contribution in [3.8, 4) is 22.7 Å². The smallest absolute Gasteiger partial charge is 0.435 e. The molecule has 0 aliphatic heterocycles. The molecule has 4 rings (SSSR count). The molecule has 0 aliphatic carbocycles. The van der Waals surface area contributed by atoms with Crippen LogP contribution >= 0.6 is 0 Å². The number of halogens is 3. The van der Waals surface area contributed by atoms with Crippen LogP contribution in [0.3, 0.4) is 0 Å². The highest BCUT2D eigenvalue weighted by Crippen LogP contribution is 2.32. The van der Waals surface area contributed by atoms with Crippen LogP contribution in [0, 0.1) is 0 Å². The number of methoxy groups -OCH3 is 1. The van der Waals surface area contributed by atoms with E-state index in [1.165, 1.54) is 43.7 Å². The van der Waals surface area contributed by atoms with Crippen LogP contribution in [0.4, 0.5) is 24.8 Å². The molecule has 0 aliphatic rings. The van der Waals surface area contributed by atoms with E-state index in [1.807, 2.05) is 0 Å². The summed E-state index contributed by atoms with van der Waals surface area (Å²) < 4.78 is 75.3. The molecule has 0 saturated carbocycles. The quantitative estimate of drug-likeness (QED) is 0.211. The fourth-order valence-corrected chi connectivity index (χ4v) is 4.35. The van der Waals surface area contributed by atoms with Gasteiger partial charge in [-0.1, -0.05) is 18.2 Å². The first-order valence-electron chi connectivity index (χ1n) is 12.0. The topological polar surface area (TPSA) is 125 Å². The van der Waals surface area contributed by atoms with Crippen molar-refractivity contribution in [1.29, 1.82) is 0 Å². The maximum atomic E-state index is 13.3. The third-order valence-corrected chi connectivity index (χ3v) is 6.65. The monoisotopic (exact) mass is 587 g/mol. The molecule has 41 heavy (non-hydrogen) atoms. The molecule has 0 radical (unpaired) electrons. The number of nitrogens with one attached hydrogen (secondary N) is 1. The number of anilines is 2. The van der Waals surface area contributed by atoms with E-state index in [9.17, 15) is 26.4 Å². The van der Waals surface area contributed by atoms with Gasteiger partial charge in [0.15, 0.2) is 21.3 Å². The van der Waals surface area contributed by atoms with E-state index in [0.29, 0.717) is 16.7 Å². The highest BCUT2D eigenvalue weighted by atomic mass is 32.2. The Balaban J connectivity index is 1.80. The average Bonchev–Trinajstić information content (AvgIpc) is 3.43. The van der Waals surface area contributed by atoms with Crippen LogP contribution in [-0.2, 0) is 25.5 Å². The predicted octanol–water partition coefficient (Wildman–Crippen LogP) is 5.08. The maximum absolute atomic E-state index is 13.3. The molecule has 2 aromatic heterocycles. The molecular weight excluding hydrogens is 563 g/mol. The van der Waals surface area contributed by atoms with Crippen molar-refractivity contribution in [2.45, 2.75) is 18.0 Å². The van der Waals surface area contributed by atoms with Gasteiger partial charge < -0.3 is 14.8 Å². The van der Waals surface area contributed by atoms with E-state index in [2.05, 4.69) is 20.4 Å². The third-order valence-electron chi connectivity index (χ3n) is 5.56. The molecule has 0 amide bonds. The first-order chi connectivity index (χ1) is 19.4. The molecule has 2 heterocycles. The Kier molecular flexibility index (Phi) is 8.42. The SMILES string of the molecule is CCOC(=O)/C=C/c1cccc(-c2cnc(Nc3cc(OC)cc(S(C)(=O)=O)c3)nc2-n2ccc(C(F)(F)F)n2)c1. The zero-order chi connectivity index (χ0) is 29.8. The summed E-state index contributed by atoms with van der Waals surface area (Å²) in [6, 6.07) is 11.9. The normalized spacial score (nSPS) is 12.0. The van der Waals surface area contributed by atoms with Crippen LogP contribution in [-0.4, -0.2) is 54.1 Å². The van der Waals surface area contributed by atoms with E-state index in [4.69, 9.17) is 9.47 Å². The van der Waals surface area contributed by atoms with Gasteiger partial charge in [-0.25, -0.2) is 22.9 Å². The highest BCUT2D eigenvalue weighted by Gasteiger charge is 2.34. The lowest BCUT2D eigenvalue weighted by molar-refractivity contribution is -0.141. The molecule has 14 heteroatoms. The maximum Gasteiger partial charge on any atom is 0.435 e. The number of benzene rings is 2. The number of hydrogen-bond donors (Lipinski definition) is 1. The lowest BCUT2D eigenvalue weighted by Gasteiger charge is -2.13. The van der Waals surface area contributed by atoms with E-state index in [0.717, 1.165) is 23.2 Å². The van der Waals surface area contributed by atoms with Crippen molar-refractivity contribution in [2.75, 3.05) is 25.3 Å². The Morgan fingerprint density at radius 3 is 2.59 bits per heavy atom. The minimum absolute atomic E-state index is 0.00996. The summed E-state index contributed by atoms with van der Waals surface area (Å²) in [5.41, 5.74) is 0.632. The fraction of sp³-hybridized carbons (Fsp3) is 0.185. The summed E-state index contributed by atoms with van der Waals surface area (Å²) in [4.78, 5) is 20.4. The number of ether oxygens (including phenoxy) is 2. The largest absolute Gasteiger partial charge is 0.497 e. The number of hydrogen-bond acceptors (Lipinski definition) is 9. The Hall–Kier alpha value is -4.72. The van der Waals surface area contributed by atoms with E-state index in [1.54, 1.807) is 31.2 Å². The summed E-state index contributed by atoms with van der Waals surface area (Å²) >= 11 is 0. The Morgan fingerprint density at radius 1 is 1.15 bits per heavy atom. The van der Waals surface area contributed by atoms with Gasteiger partial charge in [0.05, 0.1) is 18.6 Å². The standard InChI is InChI=1S/C27H24F3N5O5S/c1-4-40-24(36)9-8-17-6-5-7-18(12-17)22-16-31-26(33-25(22)35-11-10-23(34-35)27(28,29)30)32-19-13-20(39-2)15-21(14-19)41(3,37)38/h5-16H,4H2,1-3H3,(H,31,32,33)/b9-8+. The van der Waals surface area contributed by atoms with E-state index in [-0.39, 0.29) is 34.7 Å². The van der Waals surface area contributed by atoms with E-state index < -0.39 is 27.7 Å². The molecular formula is C27H24F3N5O5S. The first-order valence-corrected chi connectivity index (χ1v) is 13.9. The van der Waals surface area contributed by atoms with E-state index >= 15 is 0 Å². The number of aromatic nitrogens is 4. The van der Waals surface area contributed by atoms with Crippen LogP contribution < -0.4 is 10.1 Å². The summed E-state index contributed by atoms with van der Waals surface area (Å²) in [6.07, 6.45) is 1.67. The van der Waals surface area contributed by atoms with Gasteiger partial charge >= 0.3 is 12.1 Å². The van der Waals surface area contributed by atoms with Crippen molar-refractivity contribution in [1.82, 2.24) is 19.7 Å². The third kappa shape index (κ3) is 7.28. The molecule has 1 N–H and O–H groups in total. The van der Waals surface area contributed by atoms with Crippen molar-refractivity contribution in [3.05, 3.63) is 78.3 Å². The Morgan fingerprint density at radius 2 is 1.93 bits per heavy atom. The van der Waals surface area contributed by atoms with Crippen LogP contribution in [0.5, 0.6) is 5.75 Å². The number of carbonyl (C=O) groups excluding carboxylic acids is 1. The zero-order valence-corrected chi connectivity index (χ0v) is 22.8. The van der Waals surface area contributed by atoms with Gasteiger partial charge in [0.1, 0.15) is 5.75 Å². The average molecular weight is 588 g/mol. The minimum atomic E-state index is -4.68. The van der Waals surface area contributed by atoms with Gasteiger partial charge in [-0.3, -0.25) is 0 Å². The Labute approximate surface area is 233 Å². The van der Waals surface area contributed by atoms with Crippen molar-refractivity contribution >= 4 is 33.5 Å². The second kappa shape index (κ2) is 11.8. The Bertz CT molecular complexity index is 1720. The molecule has 0 bridgehead atoms. The number of alkyl halides is 3. The summed E-state index contributed by atoms with van der Waals surface area (Å²) in [5.74, 6) is -0.304. The zero-order valence-electron chi connectivity index (χ0n) is 22.0. The van der Waals surface area contributed by atoms with Crippen molar-refractivity contribution < 1.29 is 35.9 Å².